The molecule has 1 aromatic rings. The highest BCUT2D eigenvalue weighted by Gasteiger charge is 2.31. The zero-order valence-corrected chi connectivity index (χ0v) is 8.63. The Labute approximate surface area is 94.6 Å². The van der Waals surface area contributed by atoms with E-state index in [0.717, 1.165) is 13.2 Å². The maximum Gasteiger partial charge on any atom is 0.417 e. The number of aromatic nitrogens is 1. The van der Waals surface area contributed by atoms with Gasteiger partial charge in [0, 0.05) is 12.1 Å². The van der Waals surface area contributed by atoms with Gasteiger partial charge in [-0.3, -0.25) is 0 Å². The van der Waals surface area contributed by atoms with Crippen molar-refractivity contribution in [2.24, 2.45) is 0 Å². The number of ether oxygens (including phenoxy) is 1. The number of hydrogen-bond donors (Lipinski definition) is 1. The average Bonchev–Trinajstić information content (AvgIpc) is 2.26. The predicted molar refractivity (Wildman–Crippen MR) is 52.5 cm³/mol. The first-order valence-corrected chi connectivity index (χ1v) is 4.27. The summed E-state index contributed by atoms with van der Waals surface area (Å²) in [6, 6.07) is 0.721. The van der Waals surface area contributed by atoms with Gasteiger partial charge in [-0.05, 0) is 6.07 Å². The van der Waals surface area contributed by atoms with Gasteiger partial charge in [-0.2, -0.15) is 13.2 Å². The molecule has 0 radical (unpaired) electrons. The molecule has 0 aromatic carbocycles. The van der Waals surface area contributed by atoms with E-state index in [1.54, 1.807) is 0 Å². The van der Waals surface area contributed by atoms with E-state index in [2.05, 4.69) is 15.6 Å². The predicted octanol–water partition coefficient (Wildman–Crippen LogP) is 1.21. The summed E-state index contributed by atoms with van der Waals surface area (Å²) < 4.78 is 41.2. The molecule has 0 bridgehead atoms. The van der Waals surface area contributed by atoms with Crippen LogP contribution in [0.1, 0.15) is 11.1 Å². The first-order chi connectivity index (χ1) is 7.84. The molecule has 0 amide bonds. The van der Waals surface area contributed by atoms with Crippen molar-refractivity contribution in [2.45, 2.75) is 6.18 Å². The van der Waals surface area contributed by atoms with Gasteiger partial charge in [0.1, 0.15) is 5.82 Å². The standard InChI is InChI=1S/C10H7F3N2O2/c1-17-8(16)3-2-6-4-7(10(11,12)13)5-15-9(6)14/h4-5H,1H3,(H2,14,15). The lowest BCUT2D eigenvalue weighted by Gasteiger charge is -2.06. The van der Waals surface area contributed by atoms with Crippen LogP contribution in [0.4, 0.5) is 19.0 Å². The third-order valence-corrected chi connectivity index (χ3v) is 1.73. The van der Waals surface area contributed by atoms with Crippen LogP contribution in [0.3, 0.4) is 0 Å². The van der Waals surface area contributed by atoms with E-state index in [9.17, 15) is 18.0 Å². The van der Waals surface area contributed by atoms with Gasteiger partial charge in [0.15, 0.2) is 0 Å². The van der Waals surface area contributed by atoms with Crippen LogP contribution in [0.2, 0.25) is 0 Å². The largest absolute Gasteiger partial charge is 0.459 e. The van der Waals surface area contributed by atoms with Crippen molar-refractivity contribution in [3.8, 4) is 11.8 Å². The van der Waals surface area contributed by atoms with Crippen LogP contribution in [-0.2, 0) is 15.7 Å². The first kappa shape index (κ1) is 12.8. The number of alkyl halides is 3. The van der Waals surface area contributed by atoms with E-state index in [-0.39, 0.29) is 11.4 Å². The normalized spacial score (nSPS) is 10.4. The number of nitrogen functional groups attached to an aromatic ring is 1. The van der Waals surface area contributed by atoms with Gasteiger partial charge >= 0.3 is 12.1 Å². The lowest BCUT2D eigenvalue weighted by atomic mass is 10.2. The van der Waals surface area contributed by atoms with E-state index in [4.69, 9.17) is 5.73 Å². The lowest BCUT2D eigenvalue weighted by Crippen LogP contribution is -2.07. The zero-order valence-electron chi connectivity index (χ0n) is 8.63. The molecular weight excluding hydrogens is 237 g/mol. The van der Waals surface area contributed by atoms with Crippen LogP contribution in [0.15, 0.2) is 12.3 Å². The molecule has 0 saturated carbocycles. The van der Waals surface area contributed by atoms with Gasteiger partial charge in [-0.25, -0.2) is 9.78 Å². The molecule has 0 saturated heterocycles. The number of nitrogens with zero attached hydrogens (tertiary/aromatic N) is 1. The monoisotopic (exact) mass is 244 g/mol. The smallest absolute Gasteiger partial charge is 0.417 e. The summed E-state index contributed by atoms with van der Waals surface area (Å²) in [5, 5.41) is 0. The Morgan fingerprint density at radius 1 is 1.53 bits per heavy atom. The molecule has 0 atom stereocenters. The quantitative estimate of drug-likeness (QED) is 0.550. The molecule has 2 N–H and O–H groups in total. The maximum atomic E-state index is 12.3. The van der Waals surface area contributed by atoms with Crippen molar-refractivity contribution < 1.29 is 22.7 Å². The number of hydrogen-bond acceptors (Lipinski definition) is 4. The van der Waals surface area contributed by atoms with Crippen LogP contribution in [-0.4, -0.2) is 18.1 Å². The Kier molecular flexibility index (Phi) is 3.58. The maximum absolute atomic E-state index is 12.3. The summed E-state index contributed by atoms with van der Waals surface area (Å²) in [6.07, 6.45) is -3.94. The summed E-state index contributed by atoms with van der Waals surface area (Å²) in [5.74, 6) is 3.07. The molecule has 0 unspecified atom stereocenters. The molecule has 17 heavy (non-hydrogen) atoms. The van der Waals surface area contributed by atoms with E-state index in [0.29, 0.717) is 6.20 Å². The number of esters is 1. The molecule has 0 fully saturated rings. The number of pyridine rings is 1. The molecule has 1 aromatic heterocycles. The molecular formula is C10H7F3N2O2. The van der Waals surface area contributed by atoms with Gasteiger partial charge in [-0.15, -0.1) is 0 Å². The fraction of sp³-hybridized carbons (Fsp3) is 0.200. The molecule has 0 aliphatic carbocycles. The Bertz CT molecular complexity index is 500. The summed E-state index contributed by atoms with van der Waals surface area (Å²) >= 11 is 0. The van der Waals surface area contributed by atoms with Crippen LogP contribution in [0, 0.1) is 11.8 Å². The fourth-order valence-electron chi connectivity index (χ4n) is 0.900. The van der Waals surface area contributed by atoms with Crippen molar-refractivity contribution in [3.63, 3.8) is 0 Å². The van der Waals surface area contributed by atoms with Gasteiger partial charge < -0.3 is 10.5 Å². The lowest BCUT2D eigenvalue weighted by molar-refractivity contribution is -0.138. The van der Waals surface area contributed by atoms with E-state index >= 15 is 0 Å². The van der Waals surface area contributed by atoms with E-state index in [1.165, 1.54) is 0 Å². The number of carbonyl (C=O) groups is 1. The number of anilines is 1. The van der Waals surface area contributed by atoms with Crippen LogP contribution in [0.25, 0.3) is 0 Å². The third kappa shape index (κ3) is 3.38. The molecule has 1 heterocycles. The first-order valence-electron chi connectivity index (χ1n) is 4.27. The van der Waals surface area contributed by atoms with Crippen molar-refractivity contribution in [3.05, 3.63) is 23.4 Å². The summed E-state index contributed by atoms with van der Waals surface area (Å²) in [4.78, 5) is 14.1. The molecule has 90 valence electrons. The SMILES string of the molecule is COC(=O)C#Cc1cc(C(F)(F)F)cnc1N. The minimum atomic E-state index is -4.54. The Morgan fingerprint density at radius 3 is 2.71 bits per heavy atom. The summed E-state index contributed by atoms with van der Waals surface area (Å²) in [5.41, 5.74) is 4.17. The fourth-order valence-corrected chi connectivity index (χ4v) is 0.900. The van der Waals surface area contributed by atoms with Gasteiger partial charge in [0.25, 0.3) is 0 Å². The minimum absolute atomic E-state index is 0.176. The molecule has 7 heteroatoms. The van der Waals surface area contributed by atoms with Crippen LogP contribution >= 0.6 is 0 Å². The number of methoxy groups -OCH3 is 1. The molecule has 0 aliphatic heterocycles. The average molecular weight is 244 g/mol. The summed E-state index contributed by atoms with van der Waals surface area (Å²) in [7, 11) is 1.10. The Hall–Kier alpha value is -2.23. The highest BCUT2D eigenvalue weighted by atomic mass is 19.4. The topological polar surface area (TPSA) is 65.2 Å². The Morgan fingerprint density at radius 2 is 2.18 bits per heavy atom. The van der Waals surface area contributed by atoms with Gasteiger partial charge in [-0.1, -0.05) is 5.92 Å². The van der Waals surface area contributed by atoms with Crippen LogP contribution in [0.5, 0.6) is 0 Å². The van der Waals surface area contributed by atoms with Gasteiger partial charge in [0.05, 0.1) is 18.2 Å². The highest BCUT2D eigenvalue weighted by molar-refractivity contribution is 5.89. The van der Waals surface area contributed by atoms with Crippen molar-refractivity contribution in [2.75, 3.05) is 12.8 Å². The van der Waals surface area contributed by atoms with Crippen LogP contribution < -0.4 is 5.73 Å². The third-order valence-electron chi connectivity index (χ3n) is 1.73. The second kappa shape index (κ2) is 4.74. The Balaban J connectivity index is 3.15. The highest BCUT2D eigenvalue weighted by Crippen LogP contribution is 2.29. The number of halogens is 3. The number of rotatable bonds is 0. The van der Waals surface area contributed by atoms with E-state index < -0.39 is 17.7 Å². The van der Waals surface area contributed by atoms with Crippen molar-refractivity contribution in [1.29, 1.82) is 0 Å². The zero-order chi connectivity index (χ0) is 13.1. The summed E-state index contributed by atoms with van der Waals surface area (Å²) in [6.45, 7) is 0. The van der Waals surface area contributed by atoms with Crippen molar-refractivity contribution >= 4 is 11.8 Å². The molecule has 1 rings (SSSR count). The molecule has 0 spiro atoms. The second-order valence-corrected chi connectivity index (χ2v) is 2.90. The minimum Gasteiger partial charge on any atom is -0.459 e. The second-order valence-electron chi connectivity index (χ2n) is 2.90. The van der Waals surface area contributed by atoms with E-state index in [1.807, 2.05) is 5.92 Å². The molecule has 4 nitrogen and oxygen atoms in total. The molecule has 0 aliphatic rings. The number of carbonyl (C=O) groups excluding carboxylic acids is 1. The van der Waals surface area contributed by atoms with Gasteiger partial charge in [0.2, 0.25) is 0 Å². The number of nitrogens with two attached hydrogens (primary N) is 1. The van der Waals surface area contributed by atoms with Crippen molar-refractivity contribution in [1.82, 2.24) is 4.98 Å².